The maximum absolute atomic E-state index is 12.2. The summed E-state index contributed by atoms with van der Waals surface area (Å²) in [7, 11) is 3.74. The summed E-state index contributed by atoms with van der Waals surface area (Å²) in [5, 5.41) is 3.32. The minimum absolute atomic E-state index is 0.0274. The van der Waals surface area contributed by atoms with Crippen LogP contribution >= 0.6 is 22.9 Å². The van der Waals surface area contributed by atoms with Crippen LogP contribution in [0.2, 0.25) is 5.02 Å². The lowest BCUT2D eigenvalue weighted by atomic mass is 10.1. The van der Waals surface area contributed by atoms with E-state index in [0.717, 1.165) is 10.6 Å². The zero-order valence-electron chi connectivity index (χ0n) is 15.7. The van der Waals surface area contributed by atoms with Crippen molar-refractivity contribution in [3.63, 3.8) is 0 Å². The van der Waals surface area contributed by atoms with Crippen molar-refractivity contribution in [2.24, 2.45) is 0 Å². The second kappa shape index (κ2) is 9.67. The van der Waals surface area contributed by atoms with Crippen LogP contribution in [0.3, 0.4) is 0 Å². The normalized spacial score (nSPS) is 10.5. The largest absolute Gasteiger partial charge is 0.376 e. The fraction of sp³-hybridized carbons (Fsp3) is 0.350. The van der Waals surface area contributed by atoms with Gasteiger partial charge in [0, 0.05) is 49.7 Å². The van der Waals surface area contributed by atoms with Gasteiger partial charge < -0.3 is 10.2 Å². The molecule has 2 aromatic rings. The molecule has 0 saturated heterocycles. The van der Waals surface area contributed by atoms with Crippen molar-refractivity contribution in [2.45, 2.75) is 32.6 Å². The first-order valence-electron chi connectivity index (χ1n) is 8.64. The number of ketones is 2. The number of benzene rings is 1. The van der Waals surface area contributed by atoms with E-state index >= 15 is 0 Å². The Morgan fingerprint density at radius 2 is 1.74 bits per heavy atom. The van der Waals surface area contributed by atoms with Gasteiger partial charge in [0.1, 0.15) is 5.78 Å². The Morgan fingerprint density at radius 1 is 1.04 bits per heavy atom. The number of rotatable bonds is 9. The minimum Gasteiger partial charge on any atom is -0.376 e. The fourth-order valence-electron chi connectivity index (χ4n) is 2.55. The van der Waals surface area contributed by atoms with E-state index in [4.69, 9.17) is 11.6 Å². The fourth-order valence-corrected chi connectivity index (χ4v) is 3.56. The summed E-state index contributed by atoms with van der Waals surface area (Å²) in [5.41, 5.74) is 1.43. The molecular weight excluding hydrogens is 384 g/mol. The number of halogens is 1. The summed E-state index contributed by atoms with van der Waals surface area (Å²) in [4.78, 5) is 39.8. The zero-order chi connectivity index (χ0) is 20.0. The van der Waals surface area contributed by atoms with E-state index in [0.29, 0.717) is 15.6 Å². The van der Waals surface area contributed by atoms with E-state index in [1.165, 1.54) is 11.3 Å². The van der Waals surface area contributed by atoms with Gasteiger partial charge in [0.15, 0.2) is 5.78 Å². The Labute approximate surface area is 168 Å². The van der Waals surface area contributed by atoms with Gasteiger partial charge in [-0.05, 0) is 37.3 Å². The predicted molar refractivity (Wildman–Crippen MR) is 111 cm³/mol. The first-order valence-corrected chi connectivity index (χ1v) is 9.84. The highest BCUT2D eigenvalue weighted by atomic mass is 35.5. The molecule has 27 heavy (non-hydrogen) atoms. The number of Topliss-reactive ketones (excluding diaryl/α,β-unsaturated/α-hetero) is 2. The summed E-state index contributed by atoms with van der Waals surface area (Å²) in [6, 6.07) is 8.93. The van der Waals surface area contributed by atoms with Crippen LogP contribution < -0.4 is 10.2 Å². The van der Waals surface area contributed by atoms with Crippen molar-refractivity contribution in [2.75, 3.05) is 24.3 Å². The molecule has 1 amide bonds. The van der Waals surface area contributed by atoms with Crippen LogP contribution in [-0.4, -0.2) is 31.6 Å². The van der Waals surface area contributed by atoms with Crippen molar-refractivity contribution in [3.05, 3.63) is 45.1 Å². The number of aryl methyl sites for hydroxylation is 1. The second-order valence-corrected chi connectivity index (χ2v) is 8.20. The summed E-state index contributed by atoms with van der Waals surface area (Å²) < 4.78 is 0. The Morgan fingerprint density at radius 3 is 2.37 bits per heavy atom. The molecule has 0 spiro atoms. The SMILES string of the molecule is Cc1ccc(C(=O)CCC(=O)CCC(=O)Nc2cc(Cl)ccc2N(C)C)s1. The molecule has 0 atom stereocenters. The molecule has 0 fully saturated rings. The van der Waals surface area contributed by atoms with Gasteiger partial charge in [-0.2, -0.15) is 0 Å². The number of thiophene rings is 1. The van der Waals surface area contributed by atoms with Crippen molar-refractivity contribution in [1.82, 2.24) is 0 Å². The van der Waals surface area contributed by atoms with Gasteiger partial charge in [-0.15, -0.1) is 11.3 Å². The molecule has 144 valence electrons. The minimum atomic E-state index is -0.256. The molecule has 0 radical (unpaired) electrons. The van der Waals surface area contributed by atoms with Crippen molar-refractivity contribution in [1.29, 1.82) is 0 Å². The third kappa shape index (κ3) is 6.48. The van der Waals surface area contributed by atoms with Crippen LogP contribution in [0, 0.1) is 6.92 Å². The summed E-state index contributed by atoms with van der Waals surface area (Å²) in [6.07, 6.45) is 0.521. The number of amides is 1. The molecule has 7 heteroatoms. The lowest BCUT2D eigenvalue weighted by Crippen LogP contribution is -2.17. The molecule has 1 heterocycles. The van der Waals surface area contributed by atoms with Crippen LogP contribution in [0.25, 0.3) is 0 Å². The standard InChI is InChI=1S/C20H23ClN2O3S/c1-13-4-10-19(27-13)18(25)9-6-15(24)7-11-20(26)22-16-12-14(21)5-8-17(16)23(2)3/h4-5,8,10,12H,6-7,9,11H2,1-3H3,(H,22,26). The molecule has 2 rings (SSSR count). The highest BCUT2D eigenvalue weighted by Crippen LogP contribution is 2.28. The summed E-state index contributed by atoms with van der Waals surface area (Å²) >= 11 is 7.43. The molecule has 0 unspecified atom stereocenters. The molecule has 0 bridgehead atoms. The third-order valence-corrected chi connectivity index (χ3v) is 5.27. The molecule has 1 N–H and O–H groups in total. The lowest BCUT2D eigenvalue weighted by molar-refractivity contribution is -0.122. The highest BCUT2D eigenvalue weighted by Gasteiger charge is 2.14. The topological polar surface area (TPSA) is 66.5 Å². The Kier molecular flexibility index (Phi) is 7.56. The van der Waals surface area contributed by atoms with E-state index in [1.54, 1.807) is 18.2 Å². The number of nitrogens with zero attached hydrogens (tertiary/aromatic N) is 1. The third-order valence-electron chi connectivity index (χ3n) is 3.99. The Balaban J connectivity index is 1.81. The highest BCUT2D eigenvalue weighted by molar-refractivity contribution is 7.14. The maximum Gasteiger partial charge on any atom is 0.224 e. The summed E-state index contributed by atoms with van der Waals surface area (Å²) in [5.74, 6) is -0.375. The molecule has 0 saturated carbocycles. The average molecular weight is 407 g/mol. The second-order valence-electron chi connectivity index (χ2n) is 6.48. The number of nitrogens with one attached hydrogen (secondary N) is 1. The first kappa shape index (κ1) is 21.1. The molecular formula is C20H23ClN2O3S. The van der Waals surface area contributed by atoms with Crippen molar-refractivity contribution in [3.8, 4) is 0 Å². The van der Waals surface area contributed by atoms with Crippen molar-refractivity contribution >= 4 is 51.8 Å². The van der Waals surface area contributed by atoms with Crippen LogP contribution in [0.5, 0.6) is 0 Å². The molecule has 5 nitrogen and oxygen atoms in total. The van der Waals surface area contributed by atoms with Crippen LogP contribution in [0.15, 0.2) is 30.3 Å². The van der Waals surface area contributed by atoms with Gasteiger partial charge in [-0.1, -0.05) is 11.6 Å². The molecule has 0 aliphatic heterocycles. The van der Waals surface area contributed by atoms with Crippen LogP contribution in [-0.2, 0) is 9.59 Å². The van der Waals surface area contributed by atoms with Crippen molar-refractivity contribution < 1.29 is 14.4 Å². The molecule has 1 aromatic heterocycles. The number of hydrogen-bond donors (Lipinski definition) is 1. The van der Waals surface area contributed by atoms with Gasteiger partial charge in [0.2, 0.25) is 5.91 Å². The molecule has 0 aliphatic rings. The molecule has 0 aliphatic carbocycles. The number of carbonyl (C=O) groups is 3. The lowest BCUT2D eigenvalue weighted by Gasteiger charge is -2.18. The molecule has 1 aromatic carbocycles. The van der Waals surface area contributed by atoms with Crippen LogP contribution in [0.4, 0.5) is 11.4 Å². The van der Waals surface area contributed by atoms with Gasteiger partial charge in [-0.25, -0.2) is 0 Å². The monoisotopic (exact) mass is 406 g/mol. The average Bonchev–Trinajstić information content (AvgIpc) is 3.04. The van der Waals surface area contributed by atoms with Gasteiger partial charge >= 0.3 is 0 Å². The van der Waals surface area contributed by atoms with Gasteiger partial charge in [0.25, 0.3) is 0 Å². The van der Waals surface area contributed by atoms with E-state index in [-0.39, 0.29) is 43.2 Å². The van der Waals surface area contributed by atoms with E-state index in [2.05, 4.69) is 5.32 Å². The summed E-state index contributed by atoms with van der Waals surface area (Å²) in [6.45, 7) is 1.94. The number of carbonyl (C=O) groups excluding carboxylic acids is 3. The van der Waals surface area contributed by atoms with Crippen LogP contribution in [0.1, 0.15) is 40.2 Å². The van der Waals surface area contributed by atoms with Gasteiger partial charge in [-0.3, -0.25) is 14.4 Å². The van der Waals surface area contributed by atoms with Gasteiger partial charge in [0.05, 0.1) is 16.3 Å². The Hall–Kier alpha value is -2.18. The van der Waals surface area contributed by atoms with E-state index in [1.807, 2.05) is 38.1 Å². The van der Waals surface area contributed by atoms with E-state index < -0.39 is 0 Å². The number of hydrogen-bond acceptors (Lipinski definition) is 5. The van der Waals surface area contributed by atoms with E-state index in [9.17, 15) is 14.4 Å². The zero-order valence-corrected chi connectivity index (χ0v) is 17.2. The maximum atomic E-state index is 12.2. The first-order chi connectivity index (χ1) is 12.8. The smallest absolute Gasteiger partial charge is 0.224 e. The quantitative estimate of drug-likeness (QED) is 0.611. The Bertz CT molecular complexity index is 846. The predicted octanol–water partition coefficient (Wildman–Crippen LogP) is 4.73. The number of anilines is 2.